The van der Waals surface area contributed by atoms with Crippen molar-refractivity contribution in [3.05, 3.63) is 100 Å². The van der Waals surface area contributed by atoms with Crippen LogP contribution in [0, 0.1) is 5.82 Å². The highest BCUT2D eigenvalue weighted by molar-refractivity contribution is 7.89. The summed E-state index contributed by atoms with van der Waals surface area (Å²) in [5.41, 5.74) is 2.47. The van der Waals surface area contributed by atoms with Crippen molar-refractivity contribution in [2.45, 2.75) is 11.4 Å². The standard InChI is InChI=1S/C23H19ClFN3O5S/c24-18-9-11-19(12-10-18)34(32,33)28(14-17-6-2-4-8-21(17)25)15-22(29)27-26-13-16-5-1-3-7-20(16)23(30)31/h1-13H,14-15H2,(H,27,29)(H,30,31). The van der Waals surface area contributed by atoms with E-state index in [1.165, 1.54) is 54.6 Å². The molecule has 0 heterocycles. The van der Waals surface area contributed by atoms with Gasteiger partial charge in [-0.25, -0.2) is 23.0 Å². The van der Waals surface area contributed by atoms with Crippen LogP contribution in [0.5, 0.6) is 0 Å². The number of amides is 1. The molecule has 0 aromatic heterocycles. The van der Waals surface area contributed by atoms with Crippen LogP contribution >= 0.6 is 11.6 Å². The molecule has 0 unspecified atom stereocenters. The number of sulfonamides is 1. The van der Waals surface area contributed by atoms with Crippen molar-refractivity contribution in [2.75, 3.05) is 6.54 Å². The maximum atomic E-state index is 14.2. The minimum atomic E-state index is -4.21. The second-order valence-electron chi connectivity index (χ2n) is 7.00. The number of hydrazone groups is 1. The Morgan fingerprint density at radius 1 is 1.03 bits per heavy atom. The van der Waals surface area contributed by atoms with Gasteiger partial charge in [0.1, 0.15) is 5.82 Å². The number of carbonyl (C=O) groups excluding carboxylic acids is 1. The van der Waals surface area contributed by atoms with Crippen molar-refractivity contribution in [1.29, 1.82) is 0 Å². The highest BCUT2D eigenvalue weighted by atomic mass is 35.5. The van der Waals surface area contributed by atoms with Crippen LogP contribution in [0.25, 0.3) is 0 Å². The molecule has 0 fully saturated rings. The number of carbonyl (C=O) groups is 2. The zero-order valence-electron chi connectivity index (χ0n) is 17.6. The van der Waals surface area contributed by atoms with Crippen molar-refractivity contribution >= 4 is 39.7 Å². The third-order valence-electron chi connectivity index (χ3n) is 4.66. The molecule has 176 valence electrons. The molecule has 8 nitrogen and oxygen atoms in total. The quantitative estimate of drug-likeness (QED) is 0.342. The van der Waals surface area contributed by atoms with Crippen LogP contribution in [-0.4, -0.2) is 42.5 Å². The number of nitrogens with one attached hydrogen (secondary N) is 1. The van der Waals surface area contributed by atoms with Gasteiger partial charge in [0.25, 0.3) is 5.91 Å². The second kappa shape index (κ2) is 11.0. The molecule has 0 radical (unpaired) electrons. The molecule has 0 spiro atoms. The SMILES string of the molecule is O=C(CN(Cc1ccccc1F)S(=O)(=O)c1ccc(Cl)cc1)NN=Cc1ccccc1C(=O)O. The lowest BCUT2D eigenvalue weighted by molar-refractivity contribution is -0.121. The molecule has 3 aromatic rings. The monoisotopic (exact) mass is 503 g/mol. The number of carboxylic acid groups (broad SMARTS) is 1. The number of rotatable bonds is 9. The number of halogens is 2. The molecule has 11 heteroatoms. The van der Waals surface area contributed by atoms with Crippen molar-refractivity contribution in [1.82, 2.24) is 9.73 Å². The number of carboxylic acids is 1. The minimum Gasteiger partial charge on any atom is -0.478 e. The van der Waals surface area contributed by atoms with Gasteiger partial charge in [-0.1, -0.05) is 48.0 Å². The summed E-state index contributed by atoms with van der Waals surface area (Å²) in [5.74, 6) is -2.60. The summed E-state index contributed by atoms with van der Waals surface area (Å²) in [7, 11) is -4.21. The molecule has 0 aliphatic heterocycles. The maximum absolute atomic E-state index is 14.2. The molecule has 2 N–H and O–H groups in total. The highest BCUT2D eigenvalue weighted by Gasteiger charge is 2.27. The van der Waals surface area contributed by atoms with Crippen molar-refractivity contribution in [3.63, 3.8) is 0 Å². The van der Waals surface area contributed by atoms with Gasteiger partial charge in [-0.15, -0.1) is 0 Å². The fraction of sp³-hybridized carbons (Fsp3) is 0.0870. The van der Waals surface area contributed by atoms with Gasteiger partial charge < -0.3 is 5.11 Å². The molecule has 0 saturated carbocycles. The number of aromatic carboxylic acids is 1. The zero-order valence-corrected chi connectivity index (χ0v) is 19.1. The highest BCUT2D eigenvalue weighted by Crippen LogP contribution is 2.21. The van der Waals surface area contributed by atoms with Crippen LogP contribution in [0.15, 0.2) is 82.8 Å². The van der Waals surface area contributed by atoms with Crippen LogP contribution in [0.2, 0.25) is 5.02 Å². The Hall–Kier alpha value is -3.60. The Kier molecular flexibility index (Phi) is 8.11. The van der Waals surface area contributed by atoms with E-state index < -0.39 is 40.8 Å². The summed E-state index contributed by atoms with van der Waals surface area (Å²) in [6.07, 6.45) is 1.14. The first kappa shape index (κ1) is 25.0. The summed E-state index contributed by atoms with van der Waals surface area (Å²) in [6, 6.07) is 17.0. The predicted molar refractivity (Wildman–Crippen MR) is 125 cm³/mol. The summed E-state index contributed by atoms with van der Waals surface area (Å²) in [4.78, 5) is 23.7. The molecule has 34 heavy (non-hydrogen) atoms. The molecule has 0 bridgehead atoms. The molecule has 0 aliphatic rings. The smallest absolute Gasteiger partial charge is 0.336 e. The Balaban J connectivity index is 1.82. The van der Waals surface area contributed by atoms with Crippen molar-refractivity contribution in [3.8, 4) is 0 Å². The number of hydrogen-bond donors (Lipinski definition) is 2. The average Bonchev–Trinajstić information content (AvgIpc) is 2.80. The van der Waals surface area contributed by atoms with Crippen LogP contribution in [-0.2, 0) is 21.4 Å². The second-order valence-corrected chi connectivity index (χ2v) is 9.38. The van der Waals surface area contributed by atoms with Gasteiger partial charge in [0.15, 0.2) is 0 Å². The number of hydrogen-bond acceptors (Lipinski definition) is 5. The summed E-state index contributed by atoms with van der Waals surface area (Å²) in [5, 5.41) is 13.3. The lowest BCUT2D eigenvalue weighted by Crippen LogP contribution is -2.39. The molecule has 1 amide bonds. The Morgan fingerprint density at radius 2 is 1.68 bits per heavy atom. The molecular formula is C23H19ClFN3O5S. The van der Waals surface area contributed by atoms with E-state index in [9.17, 15) is 27.5 Å². The fourth-order valence-electron chi connectivity index (χ4n) is 2.97. The third kappa shape index (κ3) is 6.25. The van der Waals surface area contributed by atoms with Gasteiger partial charge in [0, 0.05) is 22.7 Å². The lowest BCUT2D eigenvalue weighted by Gasteiger charge is -2.21. The van der Waals surface area contributed by atoms with E-state index in [4.69, 9.17) is 11.6 Å². The average molecular weight is 504 g/mol. The lowest BCUT2D eigenvalue weighted by atomic mass is 10.1. The first-order valence-corrected chi connectivity index (χ1v) is 11.6. The fourth-order valence-corrected chi connectivity index (χ4v) is 4.47. The van der Waals surface area contributed by atoms with Gasteiger partial charge in [0.05, 0.1) is 23.2 Å². The van der Waals surface area contributed by atoms with Gasteiger partial charge in [-0.2, -0.15) is 9.41 Å². The summed E-state index contributed by atoms with van der Waals surface area (Å²) in [6.45, 7) is -1.08. The topological polar surface area (TPSA) is 116 Å². The predicted octanol–water partition coefficient (Wildman–Crippen LogP) is 3.52. The van der Waals surface area contributed by atoms with E-state index in [1.807, 2.05) is 0 Å². The molecule has 0 saturated heterocycles. The Morgan fingerprint density at radius 3 is 2.35 bits per heavy atom. The van der Waals surface area contributed by atoms with E-state index >= 15 is 0 Å². The Labute approximate surface area is 200 Å². The summed E-state index contributed by atoms with van der Waals surface area (Å²) < 4.78 is 41.4. The maximum Gasteiger partial charge on any atom is 0.336 e. The van der Waals surface area contributed by atoms with Crippen molar-refractivity contribution < 1.29 is 27.5 Å². The first-order chi connectivity index (χ1) is 16.2. The molecule has 3 rings (SSSR count). The first-order valence-electron chi connectivity index (χ1n) is 9.82. The molecule has 3 aromatic carbocycles. The number of nitrogens with zero attached hydrogens (tertiary/aromatic N) is 2. The van der Waals surface area contributed by atoms with Crippen LogP contribution in [0.4, 0.5) is 4.39 Å². The van der Waals surface area contributed by atoms with E-state index in [0.29, 0.717) is 5.02 Å². The minimum absolute atomic E-state index is 0.0213. The van der Waals surface area contributed by atoms with Crippen LogP contribution in [0.3, 0.4) is 0 Å². The molecule has 0 atom stereocenters. The van der Waals surface area contributed by atoms with Gasteiger partial charge in [0.2, 0.25) is 10.0 Å². The largest absolute Gasteiger partial charge is 0.478 e. The van der Waals surface area contributed by atoms with E-state index in [0.717, 1.165) is 10.5 Å². The van der Waals surface area contributed by atoms with Gasteiger partial charge in [-0.05, 0) is 36.4 Å². The van der Waals surface area contributed by atoms with Crippen LogP contribution < -0.4 is 5.43 Å². The molecule has 0 aliphatic carbocycles. The normalized spacial score (nSPS) is 11.6. The zero-order chi connectivity index (χ0) is 24.7. The van der Waals surface area contributed by atoms with Gasteiger partial charge in [-0.3, -0.25) is 4.79 Å². The van der Waals surface area contributed by atoms with Crippen LogP contribution in [0.1, 0.15) is 21.5 Å². The van der Waals surface area contributed by atoms with E-state index in [1.54, 1.807) is 18.2 Å². The molecular weight excluding hydrogens is 485 g/mol. The number of benzene rings is 3. The van der Waals surface area contributed by atoms with Gasteiger partial charge >= 0.3 is 5.97 Å². The van der Waals surface area contributed by atoms with Crippen molar-refractivity contribution in [2.24, 2.45) is 5.10 Å². The van der Waals surface area contributed by atoms with E-state index in [-0.39, 0.29) is 21.6 Å². The Bertz CT molecular complexity index is 1330. The summed E-state index contributed by atoms with van der Waals surface area (Å²) >= 11 is 5.84. The third-order valence-corrected chi connectivity index (χ3v) is 6.72. The van der Waals surface area contributed by atoms with E-state index in [2.05, 4.69) is 10.5 Å².